The number of nitrogens with two attached hydrogens (primary N) is 1. The first-order chi connectivity index (χ1) is 6.88. The predicted octanol–water partition coefficient (Wildman–Crippen LogP) is 1.67. The minimum atomic E-state index is -0.0609. The van der Waals surface area contributed by atoms with Crippen LogP contribution in [0.5, 0.6) is 0 Å². The lowest BCUT2D eigenvalue weighted by Gasteiger charge is -2.20. The Labute approximate surface area is 117 Å². The molecule has 0 saturated heterocycles. The van der Waals surface area contributed by atoms with Gasteiger partial charge in [-0.3, -0.25) is 0 Å². The molecule has 0 spiro atoms. The van der Waals surface area contributed by atoms with Crippen LogP contribution < -0.4 is 11.1 Å². The Kier molecular flexibility index (Phi) is 6.16. The predicted molar refractivity (Wildman–Crippen MR) is 78.3 cm³/mol. The zero-order valence-corrected chi connectivity index (χ0v) is 13.1. The third-order valence-electron chi connectivity index (χ3n) is 1.64. The summed E-state index contributed by atoms with van der Waals surface area (Å²) >= 11 is 1.36. The summed E-state index contributed by atoms with van der Waals surface area (Å²) in [6, 6.07) is 0. The number of nitrogens with zero attached hydrogens (tertiary/aromatic N) is 3. The highest BCUT2D eigenvalue weighted by atomic mass is 127. The third kappa shape index (κ3) is 5.59. The van der Waals surface area contributed by atoms with E-state index in [9.17, 15) is 0 Å². The second-order valence-electron chi connectivity index (χ2n) is 4.36. The molecule has 0 bridgehead atoms. The third-order valence-corrected chi connectivity index (χ3v) is 2.45. The van der Waals surface area contributed by atoms with Crippen molar-refractivity contribution in [3.05, 3.63) is 10.6 Å². The van der Waals surface area contributed by atoms with Crippen molar-refractivity contribution in [2.24, 2.45) is 10.7 Å². The molecule has 0 aliphatic heterocycles. The molecule has 0 amide bonds. The van der Waals surface area contributed by atoms with Gasteiger partial charge in [-0.25, -0.2) is 4.99 Å². The molecule has 1 aromatic rings. The summed E-state index contributed by atoms with van der Waals surface area (Å²) in [6.07, 6.45) is 0. The molecule has 16 heavy (non-hydrogen) atoms. The van der Waals surface area contributed by atoms with E-state index in [1.807, 2.05) is 27.7 Å². The van der Waals surface area contributed by atoms with Crippen molar-refractivity contribution in [3.8, 4) is 0 Å². The Morgan fingerprint density at radius 3 is 2.56 bits per heavy atom. The summed E-state index contributed by atoms with van der Waals surface area (Å²) < 4.78 is 3.84. The highest BCUT2D eigenvalue weighted by Gasteiger charge is 2.10. The van der Waals surface area contributed by atoms with E-state index in [4.69, 9.17) is 5.73 Å². The Bertz CT molecular complexity index is 355. The van der Waals surface area contributed by atoms with E-state index in [1.165, 1.54) is 11.5 Å². The zero-order chi connectivity index (χ0) is 11.5. The summed E-state index contributed by atoms with van der Waals surface area (Å²) in [7, 11) is 0. The number of aromatic nitrogens is 2. The Balaban J connectivity index is 0.00000225. The van der Waals surface area contributed by atoms with Crippen LogP contribution in [0.2, 0.25) is 0 Å². The van der Waals surface area contributed by atoms with Crippen LogP contribution in [0.15, 0.2) is 4.99 Å². The topological polar surface area (TPSA) is 76.2 Å². The fourth-order valence-corrected chi connectivity index (χ4v) is 1.53. The highest BCUT2D eigenvalue weighted by molar-refractivity contribution is 14.0. The van der Waals surface area contributed by atoms with Gasteiger partial charge in [-0.2, -0.15) is 0 Å². The van der Waals surface area contributed by atoms with Crippen molar-refractivity contribution in [1.82, 2.24) is 14.9 Å². The molecular weight excluding hydrogens is 337 g/mol. The Hall–Kier alpha value is -0.440. The Morgan fingerprint density at radius 1 is 1.50 bits per heavy atom. The molecule has 0 saturated carbocycles. The first-order valence-electron chi connectivity index (χ1n) is 4.74. The number of hydrogen-bond acceptors (Lipinski definition) is 4. The summed E-state index contributed by atoms with van der Waals surface area (Å²) in [5, 5.41) is 7.00. The Morgan fingerprint density at radius 2 is 2.12 bits per heavy atom. The zero-order valence-electron chi connectivity index (χ0n) is 9.94. The summed E-state index contributed by atoms with van der Waals surface area (Å²) in [5.74, 6) is 0.454. The average Bonchev–Trinajstić information content (AvgIpc) is 2.44. The van der Waals surface area contributed by atoms with Gasteiger partial charge < -0.3 is 11.1 Å². The second kappa shape index (κ2) is 6.33. The van der Waals surface area contributed by atoms with Crippen LogP contribution in [0.25, 0.3) is 0 Å². The molecule has 1 heterocycles. The van der Waals surface area contributed by atoms with Gasteiger partial charge in [-0.15, -0.1) is 29.1 Å². The quantitative estimate of drug-likeness (QED) is 0.481. The molecule has 0 unspecified atom stereocenters. The fourth-order valence-electron chi connectivity index (χ4n) is 0.977. The lowest BCUT2D eigenvalue weighted by atomic mass is 10.1. The van der Waals surface area contributed by atoms with Crippen molar-refractivity contribution in [1.29, 1.82) is 0 Å². The van der Waals surface area contributed by atoms with Crippen LogP contribution in [0.3, 0.4) is 0 Å². The van der Waals surface area contributed by atoms with Crippen LogP contribution in [-0.4, -0.2) is 21.1 Å². The maximum Gasteiger partial charge on any atom is 0.189 e. The number of aryl methyl sites for hydroxylation is 1. The van der Waals surface area contributed by atoms with Gasteiger partial charge >= 0.3 is 0 Å². The van der Waals surface area contributed by atoms with E-state index in [0.29, 0.717) is 12.5 Å². The molecule has 5 nitrogen and oxygen atoms in total. The number of nitrogens with one attached hydrogen (secondary N) is 1. The lowest BCUT2D eigenvalue weighted by molar-refractivity contribution is 0.508. The van der Waals surface area contributed by atoms with E-state index < -0.39 is 0 Å². The van der Waals surface area contributed by atoms with Gasteiger partial charge in [0.05, 0.1) is 17.1 Å². The summed E-state index contributed by atoms with van der Waals surface area (Å²) in [5.41, 5.74) is 6.59. The van der Waals surface area contributed by atoms with Crippen molar-refractivity contribution < 1.29 is 0 Å². The number of aliphatic imine (C=N–C) groups is 1. The van der Waals surface area contributed by atoms with E-state index in [1.54, 1.807) is 0 Å². The van der Waals surface area contributed by atoms with Gasteiger partial charge in [0.2, 0.25) is 0 Å². The van der Waals surface area contributed by atoms with Crippen LogP contribution in [-0.2, 0) is 6.54 Å². The molecular formula is C9H18IN5S. The SMILES string of the molecule is Cc1nnsc1CN=C(N)NC(C)(C)C.I. The highest BCUT2D eigenvalue weighted by Crippen LogP contribution is 2.10. The largest absolute Gasteiger partial charge is 0.370 e. The fraction of sp³-hybridized carbons (Fsp3) is 0.667. The molecule has 1 aromatic heterocycles. The minimum Gasteiger partial charge on any atom is -0.370 e. The van der Waals surface area contributed by atoms with Crippen molar-refractivity contribution in [3.63, 3.8) is 0 Å². The van der Waals surface area contributed by atoms with E-state index in [2.05, 4.69) is 19.9 Å². The maximum absolute atomic E-state index is 5.73. The molecule has 0 aliphatic rings. The van der Waals surface area contributed by atoms with Gasteiger partial charge in [0.25, 0.3) is 0 Å². The first-order valence-corrected chi connectivity index (χ1v) is 5.52. The van der Waals surface area contributed by atoms with E-state index >= 15 is 0 Å². The molecule has 1 rings (SSSR count). The molecule has 0 aromatic carbocycles. The van der Waals surface area contributed by atoms with Crippen molar-refractivity contribution >= 4 is 41.5 Å². The summed E-state index contributed by atoms with van der Waals surface area (Å²) in [6.45, 7) is 8.57. The normalized spacial score (nSPS) is 12.1. The first kappa shape index (κ1) is 15.6. The van der Waals surface area contributed by atoms with Crippen LogP contribution >= 0.6 is 35.5 Å². The van der Waals surface area contributed by atoms with Crippen molar-refractivity contribution in [2.45, 2.75) is 39.8 Å². The number of guanidine groups is 1. The molecule has 0 aliphatic carbocycles. The van der Waals surface area contributed by atoms with Crippen LogP contribution in [0.4, 0.5) is 0 Å². The van der Waals surface area contributed by atoms with Gasteiger partial charge in [0.15, 0.2) is 5.96 Å². The van der Waals surface area contributed by atoms with Gasteiger partial charge in [-0.1, -0.05) is 4.49 Å². The molecule has 92 valence electrons. The minimum absolute atomic E-state index is 0. The van der Waals surface area contributed by atoms with Crippen molar-refractivity contribution in [2.75, 3.05) is 0 Å². The number of rotatable bonds is 2. The smallest absolute Gasteiger partial charge is 0.189 e. The maximum atomic E-state index is 5.73. The van der Waals surface area contributed by atoms with Gasteiger partial charge in [0, 0.05) is 5.54 Å². The average molecular weight is 355 g/mol. The molecule has 7 heteroatoms. The van der Waals surface area contributed by atoms with Gasteiger partial charge in [-0.05, 0) is 39.2 Å². The number of hydrogen-bond donors (Lipinski definition) is 2. The van der Waals surface area contributed by atoms with Crippen LogP contribution in [0.1, 0.15) is 31.3 Å². The summed E-state index contributed by atoms with van der Waals surface area (Å²) in [4.78, 5) is 5.28. The molecule has 0 fully saturated rings. The molecule has 0 atom stereocenters. The van der Waals surface area contributed by atoms with E-state index in [0.717, 1.165) is 10.6 Å². The number of halogens is 1. The lowest BCUT2D eigenvalue weighted by Crippen LogP contribution is -2.44. The standard InChI is InChI=1S/C9H17N5S.HI/c1-6-7(15-14-13-6)5-11-8(10)12-9(2,3)4;/h5H2,1-4H3,(H3,10,11,12);1H. The van der Waals surface area contributed by atoms with Crippen LogP contribution in [0, 0.1) is 6.92 Å². The monoisotopic (exact) mass is 355 g/mol. The second-order valence-corrected chi connectivity index (χ2v) is 5.20. The van der Waals surface area contributed by atoms with E-state index in [-0.39, 0.29) is 29.5 Å². The van der Waals surface area contributed by atoms with Gasteiger partial charge in [0.1, 0.15) is 0 Å². The molecule has 0 radical (unpaired) electrons. The molecule has 3 N–H and O–H groups in total.